The fraction of sp³-hybridized carbons (Fsp3) is 0.889. The second-order valence-electron chi connectivity index (χ2n) is 3.80. The summed E-state index contributed by atoms with van der Waals surface area (Å²) in [4.78, 5) is 13.2. The van der Waals surface area contributed by atoms with Gasteiger partial charge in [0.2, 0.25) is 0 Å². The molecule has 16 heavy (non-hydrogen) atoms. The molecular formula is C9H18N2O4S. The van der Waals surface area contributed by atoms with E-state index < -0.39 is 16.3 Å². The third kappa shape index (κ3) is 4.91. The molecule has 0 atom stereocenters. The summed E-state index contributed by atoms with van der Waals surface area (Å²) >= 11 is 0. The molecule has 1 aliphatic heterocycles. The average molecular weight is 250 g/mol. The van der Waals surface area contributed by atoms with E-state index in [1.54, 1.807) is 0 Å². The highest BCUT2D eigenvalue weighted by Crippen LogP contribution is 2.09. The normalized spacial score (nSPS) is 19.1. The van der Waals surface area contributed by atoms with Gasteiger partial charge < -0.3 is 4.18 Å². The van der Waals surface area contributed by atoms with Gasteiger partial charge in [0.15, 0.2) is 0 Å². The molecule has 1 saturated heterocycles. The first-order valence-electron chi connectivity index (χ1n) is 5.41. The van der Waals surface area contributed by atoms with Gasteiger partial charge in [0.25, 0.3) is 0 Å². The topological polar surface area (TPSA) is 75.7 Å². The predicted octanol–water partition coefficient (Wildman–Crippen LogP) is -0.130. The van der Waals surface area contributed by atoms with Crippen molar-refractivity contribution in [1.82, 2.24) is 9.62 Å². The standard InChI is InChI=1S/C9H18N2O4S/c1-10-16(13,14)15-9(12)8-11-6-4-2-3-5-7-11/h10H,2-8H2,1H3. The van der Waals surface area contributed by atoms with Crippen molar-refractivity contribution in [3.8, 4) is 0 Å². The van der Waals surface area contributed by atoms with Crippen molar-refractivity contribution in [2.75, 3.05) is 26.7 Å². The SMILES string of the molecule is CNS(=O)(=O)OC(=O)CN1CCCCCC1. The minimum Gasteiger partial charge on any atom is -0.333 e. The van der Waals surface area contributed by atoms with Gasteiger partial charge in [0.05, 0.1) is 6.54 Å². The Hall–Kier alpha value is -0.660. The minimum absolute atomic E-state index is 0.0426. The minimum atomic E-state index is -3.90. The summed E-state index contributed by atoms with van der Waals surface area (Å²) in [5.74, 6) is -0.726. The van der Waals surface area contributed by atoms with E-state index in [-0.39, 0.29) is 6.54 Å². The molecule has 0 bridgehead atoms. The lowest BCUT2D eigenvalue weighted by Crippen LogP contribution is -2.34. The second kappa shape index (κ2) is 6.17. The highest BCUT2D eigenvalue weighted by molar-refractivity contribution is 7.85. The van der Waals surface area contributed by atoms with E-state index in [0.29, 0.717) is 0 Å². The molecule has 7 heteroatoms. The molecule has 0 unspecified atom stereocenters. The Labute approximate surface area is 96.2 Å². The van der Waals surface area contributed by atoms with Gasteiger partial charge in [-0.25, -0.2) is 4.79 Å². The summed E-state index contributed by atoms with van der Waals surface area (Å²) in [7, 11) is -2.70. The lowest BCUT2D eigenvalue weighted by Gasteiger charge is -2.17. The summed E-state index contributed by atoms with van der Waals surface area (Å²) in [6, 6.07) is 0. The number of likely N-dealkylation sites (tertiary alicyclic amines) is 1. The maximum absolute atomic E-state index is 11.3. The molecule has 0 radical (unpaired) electrons. The van der Waals surface area contributed by atoms with Crippen LogP contribution in [0.3, 0.4) is 0 Å². The quantitative estimate of drug-likeness (QED) is 0.752. The Morgan fingerprint density at radius 2 is 1.81 bits per heavy atom. The highest BCUT2D eigenvalue weighted by Gasteiger charge is 2.18. The van der Waals surface area contributed by atoms with Crippen LogP contribution >= 0.6 is 0 Å². The van der Waals surface area contributed by atoms with Crippen molar-refractivity contribution >= 4 is 16.3 Å². The van der Waals surface area contributed by atoms with E-state index >= 15 is 0 Å². The molecule has 94 valence electrons. The first-order chi connectivity index (χ1) is 7.53. The summed E-state index contributed by atoms with van der Waals surface area (Å²) in [5, 5.41) is 0. The van der Waals surface area contributed by atoms with Crippen molar-refractivity contribution in [3.05, 3.63) is 0 Å². The van der Waals surface area contributed by atoms with Crippen molar-refractivity contribution in [2.24, 2.45) is 0 Å². The van der Waals surface area contributed by atoms with E-state index in [1.165, 1.54) is 19.9 Å². The Balaban J connectivity index is 2.38. The van der Waals surface area contributed by atoms with Gasteiger partial charge in [-0.1, -0.05) is 12.8 Å². The van der Waals surface area contributed by atoms with Crippen LogP contribution in [0.1, 0.15) is 25.7 Å². The van der Waals surface area contributed by atoms with E-state index in [9.17, 15) is 13.2 Å². The molecule has 0 amide bonds. The van der Waals surface area contributed by atoms with Gasteiger partial charge in [-0.15, -0.1) is 0 Å². The van der Waals surface area contributed by atoms with E-state index in [4.69, 9.17) is 0 Å². The van der Waals surface area contributed by atoms with Crippen molar-refractivity contribution in [1.29, 1.82) is 0 Å². The lowest BCUT2D eigenvalue weighted by atomic mass is 10.2. The molecule has 0 aromatic rings. The monoisotopic (exact) mass is 250 g/mol. The maximum Gasteiger partial charge on any atom is 0.384 e. The maximum atomic E-state index is 11.3. The summed E-state index contributed by atoms with van der Waals surface area (Å²) in [6.07, 6.45) is 4.43. The van der Waals surface area contributed by atoms with Crippen LogP contribution in [-0.4, -0.2) is 46.0 Å². The fourth-order valence-corrected chi connectivity index (χ4v) is 2.05. The van der Waals surface area contributed by atoms with Crippen LogP contribution in [0.2, 0.25) is 0 Å². The molecule has 0 saturated carbocycles. The van der Waals surface area contributed by atoms with Crippen molar-refractivity contribution in [2.45, 2.75) is 25.7 Å². The molecule has 1 N–H and O–H groups in total. The van der Waals surface area contributed by atoms with E-state index in [0.717, 1.165) is 25.9 Å². The molecule has 1 heterocycles. The summed E-state index contributed by atoms with van der Waals surface area (Å²) in [5.41, 5.74) is 0. The number of carbonyl (C=O) groups excluding carboxylic acids is 1. The first kappa shape index (κ1) is 13.4. The third-order valence-electron chi connectivity index (χ3n) is 2.50. The van der Waals surface area contributed by atoms with Gasteiger partial charge in [-0.05, 0) is 25.9 Å². The molecular weight excluding hydrogens is 232 g/mol. The molecule has 0 spiro atoms. The third-order valence-corrected chi connectivity index (χ3v) is 3.41. The summed E-state index contributed by atoms with van der Waals surface area (Å²) in [6.45, 7) is 1.70. The highest BCUT2D eigenvalue weighted by atomic mass is 32.2. The molecule has 0 aromatic heterocycles. The number of carbonyl (C=O) groups is 1. The molecule has 1 fully saturated rings. The zero-order valence-electron chi connectivity index (χ0n) is 9.44. The van der Waals surface area contributed by atoms with Crippen molar-refractivity contribution < 1.29 is 17.4 Å². The second-order valence-corrected chi connectivity index (χ2v) is 5.29. The molecule has 1 rings (SSSR count). The van der Waals surface area contributed by atoms with Gasteiger partial charge >= 0.3 is 16.3 Å². The van der Waals surface area contributed by atoms with Crippen molar-refractivity contribution in [3.63, 3.8) is 0 Å². The smallest absolute Gasteiger partial charge is 0.333 e. The Kier molecular flexibility index (Phi) is 5.17. The zero-order chi connectivity index (χ0) is 12.0. The Morgan fingerprint density at radius 3 is 2.31 bits per heavy atom. The lowest BCUT2D eigenvalue weighted by molar-refractivity contribution is -0.135. The van der Waals surface area contributed by atoms with Gasteiger partial charge in [-0.2, -0.15) is 13.1 Å². The number of rotatable bonds is 4. The van der Waals surface area contributed by atoms with E-state index in [1.807, 2.05) is 9.62 Å². The number of hydrogen-bond donors (Lipinski definition) is 1. The predicted molar refractivity (Wildman–Crippen MR) is 59.0 cm³/mol. The van der Waals surface area contributed by atoms with Crippen LogP contribution in [0.5, 0.6) is 0 Å². The van der Waals surface area contributed by atoms with Crippen LogP contribution in [0, 0.1) is 0 Å². The average Bonchev–Trinajstić information content (AvgIpc) is 2.45. The van der Waals surface area contributed by atoms with Crippen LogP contribution in [0.4, 0.5) is 0 Å². The Bertz CT molecular complexity index is 320. The number of nitrogens with one attached hydrogen (secondary N) is 1. The van der Waals surface area contributed by atoms with Gasteiger partial charge in [-0.3, -0.25) is 4.90 Å². The molecule has 6 nitrogen and oxygen atoms in total. The number of hydrogen-bond acceptors (Lipinski definition) is 5. The van der Waals surface area contributed by atoms with Crippen LogP contribution in [-0.2, 0) is 19.3 Å². The largest absolute Gasteiger partial charge is 0.384 e. The van der Waals surface area contributed by atoms with Crippen LogP contribution in [0.25, 0.3) is 0 Å². The van der Waals surface area contributed by atoms with E-state index in [2.05, 4.69) is 4.18 Å². The van der Waals surface area contributed by atoms with Gasteiger partial charge in [0.1, 0.15) is 0 Å². The molecule has 0 aliphatic carbocycles. The number of nitrogens with zero attached hydrogens (tertiary/aromatic N) is 1. The van der Waals surface area contributed by atoms with Gasteiger partial charge in [0, 0.05) is 7.05 Å². The van der Waals surface area contributed by atoms with Crippen LogP contribution in [0.15, 0.2) is 0 Å². The van der Waals surface area contributed by atoms with Crippen LogP contribution < -0.4 is 4.72 Å². The first-order valence-corrected chi connectivity index (χ1v) is 6.82. The fourth-order valence-electron chi connectivity index (χ4n) is 1.67. The molecule has 1 aliphatic rings. The molecule has 0 aromatic carbocycles. The Morgan fingerprint density at radius 1 is 1.25 bits per heavy atom. The summed E-state index contributed by atoms with van der Waals surface area (Å²) < 4.78 is 28.1. The zero-order valence-corrected chi connectivity index (χ0v) is 10.3.